The van der Waals surface area contributed by atoms with Crippen LogP contribution in [0, 0.1) is 0 Å². The number of carbonyl (C=O) groups excluding carboxylic acids is 1. The highest BCUT2D eigenvalue weighted by Gasteiger charge is 2.23. The summed E-state index contributed by atoms with van der Waals surface area (Å²) in [7, 11) is 0. The van der Waals surface area contributed by atoms with Gasteiger partial charge < -0.3 is 5.32 Å². The summed E-state index contributed by atoms with van der Waals surface area (Å²) in [5, 5.41) is 16.9. The quantitative estimate of drug-likeness (QED) is 0.519. The van der Waals surface area contributed by atoms with Crippen molar-refractivity contribution in [2.24, 2.45) is 0 Å². The number of thiazole rings is 1. The molecule has 1 amide bonds. The maximum Gasteiger partial charge on any atom is 0.275 e. The summed E-state index contributed by atoms with van der Waals surface area (Å²) in [6.45, 7) is 0. The lowest BCUT2D eigenvalue weighted by Gasteiger charge is -2.08. The molecule has 2 N–H and O–H groups in total. The van der Waals surface area contributed by atoms with Crippen molar-refractivity contribution in [3.8, 4) is 22.0 Å². The number of amides is 1. The van der Waals surface area contributed by atoms with Gasteiger partial charge >= 0.3 is 0 Å². The van der Waals surface area contributed by atoms with Crippen molar-refractivity contribution in [3.63, 3.8) is 0 Å². The standard InChI is InChI=1S/C20H19N7OS/c28-19(17-12-29-20(25-17)13-9-22-23-10-13)24-16-11-27(14-5-1-2-6-14)26-18(16)15-7-3-4-8-21-15/h3-4,7-12,14H,1-2,5-6H2,(H,22,23)(H,24,28). The fourth-order valence-electron chi connectivity index (χ4n) is 3.60. The Morgan fingerprint density at radius 1 is 1.28 bits per heavy atom. The summed E-state index contributed by atoms with van der Waals surface area (Å²) in [5.74, 6) is -0.265. The van der Waals surface area contributed by atoms with E-state index in [0.717, 1.165) is 29.1 Å². The minimum Gasteiger partial charge on any atom is -0.317 e. The van der Waals surface area contributed by atoms with E-state index in [9.17, 15) is 4.79 Å². The maximum atomic E-state index is 12.9. The Labute approximate surface area is 171 Å². The van der Waals surface area contributed by atoms with Crippen molar-refractivity contribution in [3.05, 3.63) is 54.1 Å². The van der Waals surface area contributed by atoms with Gasteiger partial charge in [0.15, 0.2) is 0 Å². The molecule has 146 valence electrons. The molecule has 1 saturated carbocycles. The Bertz CT molecular complexity index is 1110. The highest BCUT2D eigenvalue weighted by Crippen LogP contribution is 2.33. The third-order valence-electron chi connectivity index (χ3n) is 5.07. The molecule has 5 rings (SSSR count). The van der Waals surface area contributed by atoms with E-state index in [1.54, 1.807) is 24.0 Å². The number of hydrogen-bond donors (Lipinski definition) is 2. The van der Waals surface area contributed by atoms with E-state index in [-0.39, 0.29) is 5.91 Å². The minimum absolute atomic E-state index is 0.265. The van der Waals surface area contributed by atoms with Gasteiger partial charge in [-0.05, 0) is 25.0 Å². The van der Waals surface area contributed by atoms with Crippen LogP contribution in [0.25, 0.3) is 22.0 Å². The summed E-state index contributed by atoms with van der Waals surface area (Å²) >= 11 is 1.41. The average Bonchev–Trinajstić information content (AvgIpc) is 3.55. The second-order valence-corrected chi connectivity index (χ2v) is 7.86. The maximum absolute atomic E-state index is 12.9. The third-order valence-corrected chi connectivity index (χ3v) is 5.96. The van der Waals surface area contributed by atoms with E-state index >= 15 is 0 Å². The van der Waals surface area contributed by atoms with Gasteiger partial charge in [0, 0.05) is 29.5 Å². The zero-order valence-electron chi connectivity index (χ0n) is 15.6. The van der Waals surface area contributed by atoms with Crippen LogP contribution < -0.4 is 5.32 Å². The van der Waals surface area contributed by atoms with Crippen LogP contribution in [0.1, 0.15) is 42.2 Å². The molecule has 1 aliphatic rings. The Hall–Kier alpha value is -3.33. The van der Waals surface area contributed by atoms with E-state index in [1.165, 1.54) is 24.2 Å². The molecule has 0 spiro atoms. The average molecular weight is 405 g/mol. The first kappa shape index (κ1) is 17.7. The Balaban J connectivity index is 1.44. The predicted octanol–water partition coefficient (Wildman–Crippen LogP) is 4.16. The van der Waals surface area contributed by atoms with Gasteiger partial charge in [-0.3, -0.25) is 19.6 Å². The number of aromatic amines is 1. The van der Waals surface area contributed by atoms with Crippen LogP contribution in [0.2, 0.25) is 0 Å². The van der Waals surface area contributed by atoms with Gasteiger partial charge in [-0.2, -0.15) is 10.2 Å². The van der Waals surface area contributed by atoms with Gasteiger partial charge in [0.1, 0.15) is 16.4 Å². The van der Waals surface area contributed by atoms with Crippen LogP contribution in [-0.2, 0) is 0 Å². The molecule has 4 heterocycles. The van der Waals surface area contributed by atoms with Crippen molar-refractivity contribution >= 4 is 22.9 Å². The van der Waals surface area contributed by atoms with Crippen LogP contribution in [0.15, 0.2) is 48.4 Å². The van der Waals surface area contributed by atoms with Crippen LogP contribution in [-0.4, -0.2) is 35.9 Å². The minimum atomic E-state index is -0.265. The number of nitrogens with zero attached hydrogens (tertiary/aromatic N) is 5. The van der Waals surface area contributed by atoms with Crippen LogP contribution in [0.4, 0.5) is 5.69 Å². The van der Waals surface area contributed by atoms with Crippen molar-refractivity contribution < 1.29 is 4.79 Å². The summed E-state index contributed by atoms with van der Waals surface area (Å²) in [4.78, 5) is 21.7. The molecule has 4 aromatic rings. The first-order chi connectivity index (χ1) is 14.3. The summed E-state index contributed by atoms with van der Waals surface area (Å²) in [6.07, 6.45) is 11.7. The lowest BCUT2D eigenvalue weighted by molar-refractivity contribution is 0.102. The van der Waals surface area contributed by atoms with E-state index in [2.05, 4.69) is 25.5 Å². The molecule has 8 nitrogen and oxygen atoms in total. The number of hydrogen-bond acceptors (Lipinski definition) is 6. The Morgan fingerprint density at radius 2 is 2.17 bits per heavy atom. The first-order valence-corrected chi connectivity index (χ1v) is 10.4. The lowest BCUT2D eigenvalue weighted by Crippen LogP contribution is -2.12. The molecule has 0 atom stereocenters. The first-order valence-electron chi connectivity index (χ1n) is 9.54. The SMILES string of the molecule is O=C(Nc1cn(C2CCCC2)nc1-c1ccccn1)c1csc(-c2cn[nH]c2)n1. The predicted molar refractivity (Wildman–Crippen MR) is 111 cm³/mol. The van der Waals surface area contributed by atoms with Gasteiger partial charge in [-0.15, -0.1) is 11.3 Å². The fourth-order valence-corrected chi connectivity index (χ4v) is 4.38. The Morgan fingerprint density at radius 3 is 2.93 bits per heavy atom. The van der Waals surface area contributed by atoms with Gasteiger partial charge in [-0.25, -0.2) is 4.98 Å². The second-order valence-electron chi connectivity index (χ2n) is 7.00. The molecule has 0 bridgehead atoms. The van der Waals surface area contributed by atoms with E-state index in [4.69, 9.17) is 5.10 Å². The van der Waals surface area contributed by atoms with Crippen LogP contribution >= 0.6 is 11.3 Å². The molecule has 4 aromatic heterocycles. The van der Waals surface area contributed by atoms with E-state index in [0.29, 0.717) is 23.1 Å². The van der Waals surface area contributed by atoms with Crippen molar-refractivity contribution in [2.45, 2.75) is 31.7 Å². The van der Waals surface area contributed by atoms with Gasteiger partial charge in [0.25, 0.3) is 5.91 Å². The van der Waals surface area contributed by atoms with Crippen molar-refractivity contribution in [1.29, 1.82) is 0 Å². The Kier molecular flexibility index (Phi) is 4.65. The molecular formula is C20H19N7OS. The zero-order valence-corrected chi connectivity index (χ0v) is 16.4. The number of rotatable bonds is 5. The molecule has 0 saturated heterocycles. The summed E-state index contributed by atoms with van der Waals surface area (Å²) in [6, 6.07) is 6.05. The van der Waals surface area contributed by atoms with Gasteiger partial charge in [0.2, 0.25) is 0 Å². The monoisotopic (exact) mass is 405 g/mol. The molecule has 0 unspecified atom stereocenters. The smallest absolute Gasteiger partial charge is 0.275 e. The number of carbonyl (C=O) groups is 1. The molecule has 9 heteroatoms. The second kappa shape index (κ2) is 7.59. The highest BCUT2D eigenvalue weighted by molar-refractivity contribution is 7.13. The molecular weight excluding hydrogens is 386 g/mol. The fraction of sp³-hybridized carbons (Fsp3) is 0.250. The number of pyridine rings is 1. The third kappa shape index (κ3) is 3.56. The number of aromatic nitrogens is 6. The van der Waals surface area contributed by atoms with E-state index < -0.39 is 0 Å². The zero-order chi connectivity index (χ0) is 19.6. The topological polar surface area (TPSA) is 101 Å². The van der Waals surface area contributed by atoms with Gasteiger partial charge in [-0.1, -0.05) is 18.9 Å². The lowest BCUT2D eigenvalue weighted by atomic mass is 10.2. The largest absolute Gasteiger partial charge is 0.317 e. The highest BCUT2D eigenvalue weighted by atomic mass is 32.1. The van der Waals surface area contributed by atoms with Crippen LogP contribution in [0.3, 0.4) is 0 Å². The number of nitrogens with one attached hydrogen (secondary N) is 2. The van der Waals surface area contributed by atoms with Gasteiger partial charge in [0.05, 0.1) is 23.6 Å². The summed E-state index contributed by atoms with van der Waals surface area (Å²) in [5.41, 5.74) is 3.29. The number of anilines is 1. The molecule has 0 radical (unpaired) electrons. The molecule has 1 fully saturated rings. The van der Waals surface area contributed by atoms with Crippen LogP contribution in [0.5, 0.6) is 0 Å². The molecule has 29 heavy (non-hydrogen) atoms. The number of H-pyrrole nitrogens is 1. The van der Waals surface area contributed by atoms with E-state index in [1.807, 2.05) is 29.1 Å². The van der Waals surface area contributed by atoms with Crippen molar-refractivity contribution in [1.82, 2.24) is 29.9 Å². The summed E-state index contributed by atoms with van der Waals surface area (Å²) < 4.78 is 1.98. The molecule has 0 aromatic carbocycles. The molecule has 0 aliphatic heterocycles. The molecule has 1 aliphatic carbocycles. The van der Waals surface area contributed by atoms with Crippen molar-refractivity contribution in [2.75, 3.05) is 5.32 Å². The normalized spacial score (nSPS) is 14.3.